The van der Waals surface area contributed by atoms with E-state index in [0.29, 0.717) is 22.0 Å². The van der Waals surface area contributed by atoms with E-state index in [1.54, 1.807) is 48.5 Å². The molecule has 0 saturated carbocycles. The zero-order valence-corrected chi connectivity index (χ0v) is 16.4. The predicted molar refractivity (Wildman–Crippen MR) is 106 cm³/mol. The summed E-state index contributed by atoms with van der Waals surface area (Å²) in [5, 5.41) is 5.84. The van der Waals surface area contributed by atoms with Gasteiger partial charge in [0.15, 0.2) is 0 Å². The van der Waals surface area contributed by atoms with E-state index in [1.165, 1.54) is 6.92 Å². The molecule has 0 aliphatic carbocycles. The van der Waals surface area contributed by atoms with Gasteiger partial charge in [-0.05, 0) is 35.9 Å². The minimum atomic E-state index is -3.53. The van der Waals surface area contributed by atoms with Crippen LogP contribution in [-0.4, -0.2) is 26.5 Å². The number of benzene rings is 2. The summed E-state index contributed by atoms with van der Waals surface area (Å²) in [5.74, 6) is -0.607. The first-order valence-corrected chi connectivity index (χ1v) is 10.3. The number of hydrogen-bond acceptors (Lipinski definition) is 4. The Hall–Kier alpha value is -2.42. The van der Waals surface area contributed by atoms with Gasteiger partial charge in [0.2, 0.25) is 21.8 Å². The Morgan fingerprint density at radius 1 is 1.04 bits per heavy atom. The minimum Gasteiger partial charge on any atom is -0.326 e. The SMILES string of the molecule is CC(=O)Nc1cccc(NC(=O)C[C@H](NS(C)(=O)=O)c2ccc(Cl)cc2)c1. The molecule has 0 aromatic heterocycles. The summed E-state index contributed by atoms with van der Waals surface area (Å²) in [6.07, 6.45) is 0.920. The van der Waals surface area contributed by atoms with E-state index in [0.717, 1.165) is 6.26 Å². The molecule has 0 unspecified atom stereocenters. The second kappa shape index (κ2) is 8.98. The molecule has 0 aliphatic rings. The van der Waals surface area contributed by atoms with Crippen LogP contribution < -0.4 is 15.4 Å². The highest BCUT2D eigenvalue weighted by atomic mass is 35.5. The molecular formula is C18H20ClN3O4S. The summed E-state index contributed by atoms with van der Waals surface area (Å²) in [6, 6.07) is 12.5. The zero-order valence-electron chi connectivity index (χ0n) is 14.8. The smallest absolute Gasteiger partial charge is 0.226 e. The lowest BCUT2D eigenvalue weighted by Gasteiger charge is -2.18. The van der Waals surface area contributed by atoms with Crippen LogP contribution >= 0.6 is 11.6 Å². The highest BCUT2D eigenvalue weighted by Crippen LogP contribution is 2.22. The van der Waals surface area contributed by atoms with Crippen LogP contribution in [0.2, 0.25) is 5.02 Å². The largest absolute Gasteiger partial charge is 0.326 e. The van der Waals surface area contributed by atoms with Crippen molar-refractivity contribution in [1.29, 1.82) is 0 Å². The third-order valence-corrected chi connectivity index (χ3v) is 4.45. The molecule has 27 heavy (non-hydrogen) atoms. The Morgan fingerprint density at radius 3 is 2.19 bits per heavy atom. The van der Waals surface area contributed by atoms with Gasteiger partial charge in [-0.25, -0.2) is 13.1 Å². The third kappa shape index (κ3) is 7.38. The molecule has 0 bridgehead atoms. The van der Waals surface area contributed by atoms with Crippen molar-refractivity contribution in [2.45, 2.75) is 19.4 Å². The maximum Gasteiger partial charge on any atom is 0.226 e. The molecule has 0 spiro atoms. The standard InChI is InChI=1S/C18H20ClN3O4S/c1-12(23)20-15-4-3-5-16(10-15)21-18(24)11-17(22-27(2,25)26)13-6-8-14(19)9-7-13/h3-10,17,22H,11H2,1-2H3,(H,20,23)(H,21,24)/t17-/m0/s1. The Kier molecular flexibility index (Phi) is 6.95. The first-order valence-electron chi connectivity index (χ1n) is 8.02. The summed E-state index contributed by atoms with van der Waals surface area (Å²) in [5.41, 5.74) is 1.65. The van der Waals surface area contributed by atoms with Crippen LogP contribution in [0.3, 0.4) is 0 Å². The van der Waals surface area contributed by atoms with Crippen LogP contribution in [0.15, 0.2) is 48.5 Å². The maximum atomic E-state index is 12.4. The van der Waals surface area contributed by atoms with E-state index in [9.17, 15) is 18.0 Å². The van der Waals surface area contributed by atoms with Crippen molar-refractivity contribution in [1.82, 2.24) is 4.72 Å². The molecule has 2 rings (SSSR count). The quantitative estimate of drug-likeness (QED) is 0.653. The molecule has 2 aromatic rings. The monoisotopic (exact) mass is 409 g/mol. The van der Waals surface area contributed by atoms with E-state index < -0.39 is 16.1 Å². The molecule has 0 aliphatic heterocycles. The van der Waals surface area contributed by atoms with Crippen LogP contribution in [0.5, 0.6) is 0 Å². The number of rotatable bonds is 7. The van der Waals surface area contributed by atoms with E-state index in [4.69, 9.17) is 11.6 Å². The van der Waals surface area contributed by atoms with E-state index >= 15 is 0 Å². The molecule has 9 heteroatoms. The van der Waals surface area contributed by atoms with Gasteiger partial charge in [-0.15, -0.1) is 0 Å². The lowest BCUT2D eigenvalue weighted by Crippen LogP contribution is -2.30. The van der Waals surface area contributed by atoms with Crippen LogP contribution in [0.4, 0.5) is 11.4 Å². The van der Waals surface area contributed by atoms with Gasteiger partial charge in [0.1, 0.15) is 0 Å². The second-order valence-electron chi connectivity index (χ2n) is 6.01. The van der Waals surface area contributed by atoms with Crippen molar-refractivity contribution in [2.75, 3.05) is 16.9 Å². The van der Waals surface area contributed by atoms with Gasteiger partial charge >= 0.3 is 0 Å². The Labute approximate surface area is 163 Å². The van der Waals surface area contributed by atoms with Gasteiger partial charge in [-0.3, -0.25) is 9.59 Å². The van der Waals surface area contributed by atoms with E-state index in [1.807, 2.05) is 0 Å². The van der Waals surface area contributed by atoms with Gasteiger partial charge < -0.3 is 10.6 Å². The summed E-state index contributed by atoms with van der Waals surface area (Å²) < 4.78 is 25.8. The lowest BCUT2D eigenvalue weighted by atomic mass is 10.0. The summed E-state index contributed by atoms with van der Waals surface area (Å²) in [7, 11) is -3.53. The fraction of sp³-hybridized carbons (Fsp3) is 0.222. The first kappa shape index (κ1) is 20.9. The average Bonchev–Trinajstić information content (AvgIpc) is 2.53. The van der Waals surface area contributed by atoms with Crippen LogP contribution in [0, 0.1) is 0 Å². The number of halogens is 1. The van der Waals surface area contributed by atoms with Crippen molar-refractivity contribution in [3.63, 3.8) is 0 Å². The molecule has 144 valence electrons. The maximum absolute atomic E-state index is 12.4. The number of nitrogens with one attached hydrogen (secondary N) is 3. The summed E-state index contributed by atoms with van der Waals surface area (Å²) in [4.78, 5) is 23.6. The van der Waals surface area contributed by atoms with Gasteiger partial charge in [0.25, 0.3) is 0 Å². The number of hydrogen-bond donors (Lipinski definition) is 3. The van der Waals surface area contributed by atoms with Crippen molar-refractivity contribution in [3.8, 4) is 0 Å². The van der Waals surface area contributed by atoms with Gasteiger partial charge in [-0.2, -0.15) is 0 Å². The number of carbonyl (C=O) groups excluding carboxylic acids is 2. The highest BCUT2D eigenvalue weighted by molar-refractivity contribution is 7.88. The molecule has 0 heterocycles. The molecule has 0 radical (unpaired) electrons. The van der Waals surface area contributed by atoms with Crippen LogP contribution in [0.25, 0.3) is 0 Å². The Bertz CT molecular complexity index is 930. The van der Waals surface area contributed by atoms with Gasteiger partial charge in [0, 0.05) is 29.7 Å². The number of anilines is 2. The van der Waals surface area contributed by atoms with Crippen molar-refractivity contribution in [2.24, 2.45) is 0 Å². The van der Waals surface area contributed by atoms with Crippen molar-refractivity contribution >= 4 is 44.8 Å². The Morgan fingerprint density at radius 2 is 1.63 bits per heavy atom. The number of amides is 2. The molecule has 0 fully saturated rings. The van der Waals surface area contributed by atoms with E-state index in [2.05, 4.69) is 15.4 Å². The predicted octanol–water partition coefficient (Wildman–Crippen LogP) is 2.92. The van der Waals surface area contributed by atoms with Crippen molar-refractivity contribution in [3.05, 3.63) is 59.1 Å². The fourth-order valence-corrected chi connectivity index (χ4v) is 3.32. The third-order valence-electron chi connectivity index (χ3n) is 3.48. The molecule has 2 aromatic carbocycles. The lowest BCUT2D eigenvalue weighted by molar-refractivity contribution is -0.116. The summed E-state index contributed by atoms with van der Waals surface area (Å²) in [6.45, 7) is 1.39. The van der Waals surface area contributed by atoms with Gasteiger partial charge in [-0.1, -0.05) is 29.8 Å². The molecule has 2 amide bonds. The molecule has 1 atom stereocenters. The van der Waals surface area contributed by atoms with Gasteiger partial charge in [0.05, 0.1) is 12.3 Å². The Balaban J connectivity index is 2.13. The summed E-state index contributed by atoms with van der Waals surface area (Å²) >= 11 is 5.87. The van der Waals surface area contributed by atoms with Crippen LogP contribution in [0.1, 0.15) is 24.9 Å². The van der Waals surface area contributed by atoms with Crippen molar-refractivity contribution < 1.29 is 18.0 Å². The second-order valence-corrected chi connectivity index (χ2v) is 8.22. The topological polar surface area (TPSA) is 104 Å². The number of sulfonamides is 1. The molecular weight excluding hydrogens is 390 g/mol. The van der Waals surface area contributed by atoms with E-state index in [-0.39, 0.29) is 18.2 Å². The highest BCUT2D eigenvalue weighted by Gasteiger charge is 2.20. The number of carbonyl (C=O) groups is 2. The zero-order chi connectivity index (χ0) is 20.0. The molecule has 0 saturated heterocycles. The average molecular weight is 410 g/mol. The normalized spacial score (nSPS) is 12.3. The fourth-order valence-electron chi connectivity index (χ4n) is 2.46. The first-order chi connectivity index (χ1) is 12.6. The molecule has 7 nitrogen and oxygen atoms in total. The molecule has 3 N–H and O–H groups in total. The van der Waals surface area contributed by atoms with Crippen LogP contribution in [-0.2, 0) is 19.6 Å². The minimum absolute atomic E-state index is 0.112.